The van der Waals surface area contributed by atoms with Crippen LogP contribution in [0.4, 0.5) is 10.2 Å². The van der Waals surface area contributed by atoms with Gasteiger partial charge in [-0.1, -0.05) is 23.7 Å². The van der Waals surface area contributed by atoms with Crippen molar-refractivity contribution in [2.24, 2.45) is 0 Å². The summed E-state index contributed by atoms with van der Waals surface area (Å²) < 4.78 is 13.4. The van der Waals surface area contributed by atoms with E-state index in [0.29, 0.717) is 22.2 Å². The molecule has 0 saturated heterocycles. The van der Waals surface area contributed by atoms with E-state index in [4.69, 9.17) is 11.6 Å². The van der Waals surface area contributed by atoms with Crippen molar-refractivity contribution in [1.29, 1.82) is 0 Å². The molecule has 0 fully saturated rings. The zero-order valence-electron chi connectivity index (χ0n) is 11.4. The van der Waals surface area contributed by atoms with E-state index in [1.807, 2.05) is 19.1 Å². The summed E-state index contributed by atoms with van der Waals surface area (Å²) in [6.45, 7) is 2.71. The number of nitrogens with one attached hydrogen (secondary N) is 1. The summed E-state index contributed by atoms with van der Waals surface area (Å²) in [4.78, 5) is 8.99. The Hall–Kier alpha value is -2.20. The molecule has 0 aliphatic carbocycles. The molecule has 21 heavy (non-hydrogen) atoms. The number of benzene rings is 2. The largest absolute Gasteiger partial charge is 0.370 e. The molecule has 0 unspecified atom stereocenters. The van der Waals surface area contributed by atoms with Crippen LogP contribution in [0.25, 0.3) is 22.3 Å². The van der Waals surface area contributed by atoms with E-state index in [9.17, 15) is 4.39 Å². The number of rotatable bonds is 3. The highest BCUT2D eigenvalue weighted by Gasteiger charge is 2.10. The van der Waals surface area contributed by atoms with Crippen LogP contribution in [0.5, 0.6) is 0 Å². The summed E-state index contributed by atoms with van der Waals surface area (Å²) in [5.41, 5.74) is 1.41. The number of hydrogen-bond donors (Lipinski definition) is 1. The fourth-order valence-corrected chi connectivity index (χ4v) is 2.33. The van der Waals surface area contributed by atoms with Crippen LogP contribution in [0.15, 0.2) is 42.5 Å². The van der Waals surface area contributed by atoms with Crippen molar-refractivity contribution in [3.63, 3.8) is 0 Å². The molecule has 0 bridgehead atoms. The van der Waals surface area contributed by atoms with Gasteiger partial charge in [0.1, 0.15) is 11.6 Å². The average molecular weight is 302 g/mol. The first-order valence-corrected chi connectivity index (χ1v) is 7.02. The van der Waals surface area contributed by atoms with Crippen LogP contribution >= 0.6 is 11.6 Å². The van der Waals surface area contributed by atoms with Gasteiger partial charge in [0.25, 0.3) is 0 Å². The molecular weight excluding hydrogens is 289 g/mol. The molecule has 3 aromatic rings. The van der Waals surface area contributed by atoms with Crippen LogP contribution in [0.1, 0.15) is 6.92 Å². The maximum atomic E-state index is 13.4. The highest BCUT2D eigenvalue weighted by molar-refractivity contribution is 6.31. The van der Waals surface area contributed by atoms with Crippen molar-refractivity contribution in [3.8, 4) is 11.4 Å². The molecule has 3 nitrogen and oxygen atoms in total. The predicted molar refractivity (Wildman–Crippen MR) is 84.1 cm³/mol. The zero-order valence-corrected chi connectivity index (χ0v) is 12.2. The van der Waals surface area contributed by atoms with E-state index >= 15 is 0 Å². The number of halogens is 2. The van der Waals surface area contributed by atoms with Crippen LogP contribution in [0, 0.1) is 5.82 Å². The molecular formula is C16H13ClFN3. The lowest BCUT2D eigenvalue weighted by molar-refractivity contribution is 0.628. The Kier molecular flexibility index (Phi) is 3.71. The third kappa shape index (κ3) is 2.81. The zero-order chi connectivity index (χ0) is 14.8. The highest BCUT2D eigenvalue weighted by atomic mass is 35.5. The van der Waals surface area contributed by atoms with Crippen molar-refractivity contribution in [2.45, 2.75) is 6.92 Å². The third-order valence-corrected chi connectivity index (χ3v) is 3.32. The van der Waals surface area contributed by atoms with Gasteiger partial charge in [-0.15, -0.1) is 0 Å². The Balaban J connectivity index is 2.23. The van der Waals surface area contributed by atoms with Crippen molar-refractivity contribution in [2.75, 3.05) is 11.9 Å². The normalized spacial score (nSPS) is 10.8. The van der Waals surface area contributed by atoms with E-state index in [0.717, 1.165) is 17.4 Å². The Bertz CT molecular complexity index is 805. The molecule has 0 aliphatic rings. The van der Waals surface area contributed by atoms with Gasteiger partial charge in [0.05, 0.1) is 5.52 Å². The molecule has 1 N–H and O–H groups in total. The van der Waals surface area contributed by atoms with Gasteiger partial charge < -0.3 is 5.32 Å². The van der Waals surface area contributed by atoms with E-state index in [1.54, 1.807) is 18.2 Å². The van der Waals surface area contributed by atoms with E-state index < -0.39 is 0 Å². The summed E-state index contributed by atoms with van der Waals surface area (Å²) in [5, 5.41) is 4.68. The second-order valence-electron chi connectivity index (χ2n) is 4.60. The first kappa shape index (κ1) is 13.8. The van der Waals surface area contributed by atoms with Gasteiger partial charge in [-0.2, -0.15) is 0 Å². The number of anilines is 1. The van der Waals surface area contributed by atoms with E-state index in [1.165, 1.54) is 12.1 Å². The average Bonchev–Trinajstić information content (AvgIpc) is 2.48. The quantitative estimate of drug-likeness (QED) is 0.773. The van der Waals surface area contributed by atoms with Gasteiger partial charge in [-0.05, 0) is 37.3 Å². The van der Waals surface area contributed by atoms with E-state index in [2.05, 4.69) is 15.3 Å². The minimum absolute atomic E-state index is 0.308. The second kappa shape index (κ2) is 5.66. The van der Waals surface area contributed by atoms with Crippen LogP contribution in [-0.2, 0) is 0 Å². The first-order chi connectivity index (χ1) is 10.2. The highest BCUT2D eigenvalue weighted by Crippen LogP contribution is 2.27. The van der Waals surface area contributed by atoms with Gasteiger partial charge in [0.15, 0.2) is 5.82 Å². The molecule has 5 heteroatoms. The molecule has 0 atom stereocenters. The molecule has 0 saturated carbocycles. The molecule has 0 spiro atoms. The summed E-state index contributed by atoms with van der Waals surface area (Å²) in [5.74, 6) is 0.877. The number of nitrogens with zero attached hydrogens (tertiary/aromatic N) is 2. The summed E-state index contributed by atoms with van der Waals surface area (Å²) in [7, 11) is 0. The number of aromatic nitrogens is 2. The van der Waals surface area contributed by atoms with Gasteiger partial charge in [-0.3, -0.25) is 0 Å². The van der Waals surface area contributed by atoms with Crippen LogP contribution in [-0.4, -0.2) is 16.5 Å². The Labute approximate surface area is 126 Å². The van der Waals surface area contributed by atoms with Crippen LogP contribution in [0.3, 0.4) is 0 Å². The van der Waals surface area contributed by atoms with Crippen molar-refractivity contribution < 1.29 is 4.39 Å². The van der Waals surface area contributed by atoms with Crippen molar-refractivity contribution >= 4 is 28.3 Å². The summed E-state index contributed by atoms with van der Waals surface area (Å²) >= 11 is 6.04. The summed E-state index contributed by atoms with van der Waals surface area (Å²) in [6.07, 6.45) is 0. The molecule has 1 heterocycles. The third-order valence-electron chi connectivity index (χ3n) is 3.08. The SMILES string of the molecule is CCNc1nc(-c2cccc(F)c2)nc2ccc(Cl)cc12. The fourth-order valence-electron chi connectivity index (χ4n) is 2.16. The van der Waals surface area contributed by atoms with Crippen molar-refractivity contribution in [1.82, 2.24) is 9.97 Å². The molecule has 106 valence electrons. The first-order valence-electron chi connectivity index (χ1n) is 6.64. The maximum absolute atomic E-state index is 13.4. The number of fused-ring (bicyclic) bond motifs is 1. The Morgan fingerprint density at radius 2 is 2.00 bits per heavy atom. The molecule has 3 rings (SSSR count). The van der Waals surface area contributed by atoms with Crippen molar-refractivity contribution in [3.05, 3.63) is 53.3 Å². The molecule has 0 radical (unpaired) electrons. The minimum Gasteiger partial charge on any atom is -0.370 e. The molecule has 0 amide bonds. The lowest BCUT2D eigenvalue weighted by Gasteiger charge is -2.10. The molecule has 0 aliphatic heterocycles. The van der Waals surface area contributed by atoms with Crippen LogP contribution < -0.4 is 5.32 Å². The van der Waals surface area contributed by atoms with Gasteiger partial charge >= 0.3 is 0 Å². The lowest BCUT2D eigenvalue weighted by atomic mass is 10.1. The Morgan fingerprint density at radius 1 is 1.14 bits per heavy atom. The number of hydrogen-bond acceptors (Lipinski definition) is 3. The minimum atomic E-state index is -0.308. The molecule has 1 aromatic heterocycles. The van der Waals surface area contributed by atoms with Gasteiger partial charge in [0, 0.05) is 22.5 Å². The van der Waals surface area contributed by atoms with Crippen LogP contribution in [0.2, 0.25) is 5.02 Å². The van der Waals surface area contributed by atoms with E-state index in [-0.39, 0.29) is 5.82 Å². The summed E-state index contributed by atoms with van der Waals surface area (Å²) in [6, 6.07) is 11.7. The fraction of sp³-hybridized carbons (Fsp3) is 0.125. The van der Waals surface area contributed by atoms with Gasteiger partial charge in [0.2, 0.25) is 0 Å². The maximum Gasteiger partial charge on any atom is 0.162 e. The lowest BCUT2D eigenvalue weighted by Crippen LogP contribution is -2.03. The second-order valence-corrected chi connectivity index (χ2v) is 5.03. The Morgan fingerprint density at radius 3 is 2.76 bits per heavy atom. The monoisotopic (exact) mass is 301 g/mol. The van der Waals surface area contributed by atoms with Gasteiger partial charge in [-0.25, -0.2) is 14.4 Å². The molecule has 2 aromatic carbocycles. The predicted octanol–water partition coefficient (Wildman–Crippen LogP) is 4.52. The topological polar surface area (TPSA) is 37.8 Å². The smallest absolute Gasteiger partial charge is 0.162 e. The standard InChI is InChI=1S/C16H13ClFN3/c1-2-19-16-13-9-11(17)6-7-14(13)20-15(21-16)10-4-3-5-12(18)8-10/h3-9H,2H2,1H3,(H,19,20,21).